The number of amides is 1. The van der Waals surface area contributed by atoms with E-state index in [9.17, 15) is 18.3 Å². The van der Waals surface area contributed by atoms with Gasteiger partial charge in [-0.2, -0.15) is 13.5 Å². The zero-order valence-electron chi connectivity index (χ0n) is 14.5. The maximum Gasteiger partial charge on any atom is 0.339 e. The monoisotopic (exact) mass is 396 g/mol. The molecule has 3 rings (SSSR count). The van der Waals surface area contributed by atoms with Crippen molar-refractivity contribution in [2.75, 3.05) is 0 Å². The van der Waals surface area contributed by atoms with Gasteiger partial charge in [0.25, 0.3) is 5.91 Å². The molecule has 0 fully saturated rings. The van der Waals surface area contributed by atoms with Gasteiger partial charge in [-0.05, 0) is 36.4 Å². The number of phenolic OH excluding ortho intramolecular Hbond substituents is 1. The van der Waals surface area contributed by atoms with Crippen LogP contribution < -0.4 is 9.61 Å². The highest BCUT2D eigenvalue weighted by atomic mass is 32.2. The highest BCUT2D eigenvalue weighted by Gasteiger charge is 2.17. The van der Waals surface area contributed by atoms with Crippen molar-refractivity contribution in [1.82, 2.24) is 5.43 Å². The van der Waals surface area contributed by atoms with E-state index >= 15 is 0 Å². The number of hydrogen-bond donors (Lipinski definition) is 2. The van der Waals surface area contributed by atoms with Crippen LogP contribution in [0.25, 0.3) is 0 Å². The molecule has 142 valence electrons. The fraction of sp³-hybridized carbons (Fsp3) is 0. The van der Waals surface area contributed by atoms with E-state index in [1.807, 2.05) is 0 Å². The summed E-state index contributed by atoms with van der Waals surface area (Å²) in [6.07, 6.45) is 1.26. The van der Waals surface area contributed by atoms with Crippen LogP contribution in [-0.4, -0.2) is 25.6 Å². The SMILES string of the molecule is O=C(NN=Cc1ccccc1OS(=O)(=O)c1ccccc1)c1ccccc1O. The number of hydrogen-bond acceptors (Lipinski definition) is 6. The Balaban J connectivity index is 1.76. The lowest BCUT2D eigenvalue weighted by Gasteiger charge is -2.09. The fourth-order valence-corrected chi connectivity index (χ4v) is 3.28. The zero-order chi connectivity index (χ0) is 20.0. The smallest absolute Gasteiger partial charge is 0.339 e. The van der Waals surface area contributed by atoms with Crippen LogP contribution in [0.3, 0.4) is 0 Å². The van der Waals surface area contributed by atoms with Gasteiger partial charge in [0.05, 0.1) is 11.8 Å². The second-order valence-electron chi connectivity index (χ2n) is 5.60. The van der Waals surface area contributed by atoms with E-state index in [0.29, 0.717) is 5.56 Å². The van der Waals surface area contributed by atoms with Crippen LogP contribution >= 0.6 is 0 Å². The Morgan fingerprint density at radius 3 is 2.32 bits per heavy atom. The van der Waals surface area contributed by atoms with E-state index in [2.05, 4.69) is 10.5 Å². The van der Waals surface area contributed by atoms with Crippen molar-refractivity contribution in [3.05, 3.63) is 90.0 Å². The van der Waals surface area contributed by atoms with Gasteiger partial charge in [0.15, 0.2) is 5.75 Å². The lowest BCUT2D eigenvalue weighted by Crippen LogP contribution is -2.17. The van der Waals surface area contributed by atoms with E-state index in [1.165, 1.54) is 36.5 Å². The molecule has 3 aromatic rings. The molecule has 3 aromatic carbocycles. The number of para-hydroxylation sites is 2. The van der Waals surface area contributed by atoms with Crippen molar-refractivity contribution in [2.24, 2.45) is 5.10 Å². The minimum Gasteiger partial charge on any atom is -0.507 e. The number of nitrogens with zero attached hydrogens (tertiary/aromatic N) is 1. The van der Waals surface area contributed by atoms with Crippen LogP contribution in [0, 0.1) is 0 Å². The van der Waals surface area contributed by atoms with E-state index in [1.54, 1.807) is 48.5 Å². The maximum atomic E-state index is 12.4. The Morgan fingerprint density at radius 1 is 0.929 bits per heavy atom. The summed E-state index contributed by atoms with van der Waals surface area (Å²) in [5.41, 5.74) is 2.69. The molecule has 0 aromatic heterocycles. The second kappa shape index (κ2) is 8.36. The van der Waals surface area contributed by atoms with Gasteiger partial charge in [-0.1, -0.05) is 42.5 Å². The van der Waals surface area contributed by atoms with Gasteiger partial charge in [0, 0.05) is 5.56 Å². The molecule has 8 heteroatoms. The first-order valence-corrected chi connectivity index (χ1v) is 9.58. The average molecular weight is 396 g/mol. The normalized spacial score (nSPS) is 11.3. The third-order valence-corrected chi connectivity index (χ3v) is 4.92. The van der Waals surface area contributed by atoms with E-state index < -0.39 is 16.0 Å². The van der Waals surface area contributed by atoms with E-state index in [-0.39, 0.29) is 22.0 Å². The molecular formula is C20H16N2O5S. The van der Waals surface area contributed by atoms with E-state index in [0.717, 1.165) is 0 Å². The van der Waals surface area contributed by atoms with Crippen molar-refractivity contribution in [1.29, 1.82) is 0 Å². The second-order valence-corrected chi connectivity index (χ2v) is 7.15. The van der Waals surface area contributed by atoms with Crippen LogP contribution in [0.15, 0.2) is 88.9 Å². The summed E-state index contributed by atoms with van der Waals surface area (Å²) >= 11 is 0. The molecule has 1 amide bonds. The molecule has 0 radical (unpaired) electrons. The van der Waals surface area contributed by atoms with Crippen LogP contribution in [0.2, 0.25) is 0 Å². The van der Waals surface area contributed by atoms with Crippen molar-refractivity contribution < 1.29 is 22.5 Å². The summed E-state index contributed by atoms with van der Waals surface area (Å²) in [4.78, 5) is 12.1. The highest BCUT2D eigenvalue weighted by molar-refractivity contribution is 7.87. The van der Waals surface area contributed by atoms with Gasteiger partial charge in [0.2, 0.25) is 0 Å². The summed E-state index contributed by atoms with van der Waals surface area (Å²) in [5.74, 6) is -0.718. The number of carbonyl (C=O) groups is 1. The summed E-state index contributed by atoms with van der Waals surface area (Å²) in [5, 5.41) is 13.5. The Morgan fingerprint density at radius 2 is 1.57 bits per heavy atom. The molecule has 0 heterocycles. The number of nitrogens with one attached hydrogen (secondary N) is 1. The number of aromatic hydroxyl groups is 1. The van der Waals surface area contributed by atoms with Crippen molar-refractivity contribution in [2.45, 2.75) is 4.90 Å². The van der Waals surface area contributed by atoms with Crippen LogP contribution in [-0.2, 0) is 10.1 Å². The molecule has 0 aliphatic carbocycles. The minimum atomic E-state index is -4.01. The molecule has 7 nitrogen and oxygen atoms in total. The van der Waals surface area contributed by atoms with Crippen molar-refractivity contribution in [3.8, 4) is 11.5 Å². The summed E-state index contributed by atoms with van der Waals surface area (Å²) in [6.45, 7) is 0. The number of phenols is 1. The topological polar surface area (TPSA) is 105 Å². The molecule has 0 saturated carbocycles. The molecule has 0 unspecified atom stereocenters. The number of rotatable bonds is 6. The Kier molecular flexibility index (Phi) is 5.71. The predicted molar refractivity (Wildman–Crippen MR) is 104 cm³/mol. The van der Waals surface area contributed by atoms with Gasteiger partial charge in [-0.15, -0.1) is 0 Å². The summed E-state index contributed by atoms with van der Waals surface area (Å²) in [7, 11) is -4.01. The van der Waals surface area contributed by atoms with E-state index in [4.69, 9.17) is 4.18 Å². The van der Waals surface area contributed by atoms with Gasteiger partial charge >= 0.3 is 10.1 Å². The van der Waals surface area contributed by atoms with Crippen LogP contribution in [0.1, 0.15) is 15.9 Å². The van der Waals surface area contributed by atoms with Crippen LogP contribution in [0.5, 0.6) is 11.5 Å². The highest BCUT2D eigenvalue weighted by Crippen LogP contribution is 2.22. The van der Waals surface area contributed by atoms with Crippen molar-refractivity contribution >= 4 is 22.2 Å². The van der Waals surface area contributed by atoms with Crippen molar-refractivity contribution in [3.63, 3.8) is 0 Å². The van der Waals surface area contributed by atoms with Gasteiger partial charge in [-0.25, -0.2) is 5.43 Å². The average Bonchev–Trinajstić information content (AvgIpc) is 2.70. The molecule has 2 N–H and O–H groups in total. The zero-order valence-corrected chi connectivity index (χ0v) is 15.3. The molecule has 0 spiro atoms. The first kappa shape index (κ1) is 19.1. The number of hydrazone groups is 1. The third kappa shape index (κ3) is 4.54. The Hall–Kier alpha value is -3.65. The van der Waals surface area contributed by atoms with Gasteiger partial charge < -0.3 is 9.29 Å². The lowest BCUT2D eigenvalue weighted by atomic mass is 10.2. The molecule has 0 aliphatic rings. The molecule has 0 bridgehead atoms. The Bertz CT molecular complexity index is 1110. The van der Waals surface area contributed by atoms with Gasteiger partial charge in [0.1, 0.15) is 10.6 Å². The predicted octanol–water partition coefficient (Wildman–Crippen LogP) is 2.92. The minimum absolute atomic E-state index is 0.0228. The first-order chi connectivity index (χ1) is 13.5. The molecule has 28 heavy (non-hydrogen) atoms. The Labute approximate surface area is 162 Å². The lowest BCUT2D eigenvalue weighted by molar-refractivity contribution is 0.0952. The number of benzene rings is 3. The van der Waals surface area contributed by atoms with Crippen LogP contribution in [0.4, 0.5) is 0 Å². The first-order valence-electron chi connectivity index (χ1n) is 8.17. The molecule has 0 aliphatic heterocycles. The molecule has 0 atom stereocenters. The molecular weight excluding hydrogens is 380 g/mol. The summed E-state index contributed by atoms with van der Waals surface area (Å²) in [6, 6.07) is 20.1. The third-order valence-electron chi connectivity index (χ3n) is 3.67. The fourth-order valence-electron chi connectivity index (χ4n) is 2.30. The maximum absolute atomic E-state index is 12.4. The van der Waals surface area contributed by atoms with Gasteiger partial charge in [-0.3, -0.25) is 4.79 Å². The standard InChI is InChI=1S/C20H16N2O5S/c23-18-12-6-5-11-17(18)20(24)22-21-14-15-8-4-7-13-19(15)27-28(25,26)16-9-2-1-3-10-16/h1-14,23H,(H,22,24). The largest absolute Gasteiger partial charge is 0.507 e. The molecule has 0 saturated heterocycles. The number of carbonyl (C=O) groups excluding carboxylic acids is 1. The summed E-state index contributed by atoms with van der Waals surface area (Å²) < 4.78 is 30.0. The quantitative estimate of drug-likeness (QED) is 0.379.